The van der Waals surface area contributed by atoms with Crippen molar-refractivity contribution < 1.29 is 9.18 Å². The van der Waals surface area contributed by atoms with Crippen molar-refractivity contribution in [1.29, 1.82) is 0 Å². The van der Waals surface area contributed by atoms with Gasteiger partial charge in [0.05, 0.1) is 35.0 Å². The number of aryl methyl sites for hydroxylation is 2. The molecule has 7 nitrogen and oxygen atoms in total. The Bertz CT molecular complexity index is 1270. The largest absolute Gasteiger partial charge is 0.319 e. The van der Waals surface area contributed by atoms with Gasteiger partial charge in [-0.1, -0.05) is 12.1 Å². The Labute approximate surface area is 169 Å². The number of anilines is 1. The summed E-state index contributed by atoms with van der Waals surface area (Å²) in [6, 6.07) is 6.27. The van der Waals surface area contributed by atoms with E-state index in [1.165, 1.54) is 40.6 Å². The van der Waals surface area contributed by atoms with E-state index >= 15 is 0 Å². The lowest BCUT2D eigenvalue weighted by molar-refractivity contribution is 0.103. The first-order valence-corrected chi connectivity index (χ1v) is 9.84. The monoisotopic (exact) mass is 411 g/mol. The zero-order valence-electron chi connectivity index (χ0n) is 15.8. The van der Waals surface area contributed by atoms with E-state index in [9.17, 15) is 14.0 Å². The van der Waals surface area contributed by atoms with E-state index in [4.69, 9.17) is 0 Å². The molecule has 148 valence electrons. The van der Waals surface area contributed by atoms with Crippen molar-refractivity contribution in [1.82, 2.24) is 19.3 Å². The summed E-state index contributed by atoms with van der Waals surface area (Å²) in [6.07, 6.45) is 4.70. The minimum atomic E-state index is -0.321. The van der Waals surface area contributed by atoms with Gasteiger partial charge in [0.1, 0.15) is 10.6 Å². The molecule has 0 saturated heterocycles. The second kappa shape index (κ2) is 7.59. The molecule has 0 unspecified atom stereocenters. The maximum Gasteiger partial charge on any atom is 0.266 e. The molecular formula is C20H18FN5O2S. The number of rotatable bonds is 5. The fourth-order valence-electron chi connectivity index (χ4n) is 3.13. The summed E-state index contributed by atoms with van der Waals surface area (Å²) >= 11 is 1.19. The number of benzene rings is 1. The minimum absolute atomic E-state index is 0.145. The van der Waals surface area contributed by atoms with Gasteiger partial charge in [0.25, 0.3) is 11.5 Å². The summed E-state index contributed by atoms with van der Waals surface area (Å²) < 4.78 is 16.5. The van der Waals surface area contributed by atoms with Crippen molar-refractivity contribution in [3.63, 3.8) is 0 Å². The van der Waals surface area contributed by atoms with E-state index in [1.807, 2.05) is 6.92 Å². The minimum Gasteiger partial charge on any atom is -0.319 e. The SMILES string of the molecule is CCn1cnc2sc(C(=O)Nc3cnn(Cc4cccc(F)c4)c3)c(C)c2c1=O. The Kier molecular flexibility index (Phi) is 4.98. The first-order valence-electron chi connectivity index (χ1n) is 9.03. The van der Waals surface area contributed by atoms with Gasteiger partial charge in [0, 0.05) is 12.7 Å². The number of hydrogen-bond acceptors (Lipinski definition) is 5. The maximum absolute atomic E-state index is 13.3. The third-order valence-corrected chi connectivity index (χ3v) is 5.79. The fraction of sp³-hybridized carbons (Fsp3) is 0.200. The van der Waals surface area contributed by atoms with Crippen LogP contribution in [0.15, 0.2) is 47.8 Å². The Morgan fingerprint density at radius 2 is 2.17 bits per heavy atom. The molecule has 0 atom stereocenters. The highest BCUT2D eigenvalue weighted by molar-refractivity contribution is 7.20. The van der Waals surface area contributed by atoms with Crippen LogP contribution >= 0.6 is 11.3 Å². The van der Waals surface area contributed by atoms with Crippen LogP contribution in [-0.2, 0) is 13.1 Å². The van der Waals surface area contributed by atoms with E-state index in [2.05, 4.69) is 15.4 Å². The first kappa shape index (κ1) is 19.0. The third-order valence-electron chi connectivity index (χ3n) is 4.59. The van der Waals surface area contributed by atoms with Crippen molar-refractivity contribution in [2.45, 2.75) is 26.9 Å². The predicted octanol–water partition coefficient (Wildman–Crippen LogP) is 3.42. The molecule has 1 aromatic carbocycles. The number of aromatic nitrogens is 4. The molecule has 29 heavy (non-hydrogen) atoms. The van der Waals surface area contributed by atoms with Crippen LogP contribution in [0.2, 0.25) is 0 Å². The van der Waals surface area contributed by atoms with Crippen LogP contribution in [0.4, 0.5) is 10.1 Å². The molecule has 0 bridgehead atoms. The molecular weight excluding hydrogens is 393 g/mol. The number of amides is 1. The van der Waals surface area contributed by atoms with Gasteiger partial charge in [-0.2, -0.15) is 5.10 Å². The molecule has 9 heteroatoms. The lowest BCUT2D eigenvalue weighted by Gasteiger charge is -2.03. The van der Waals surface area contributed by atoms with Gasteiger partial charge in [0.15, 0.2) is 0 Å². The molecule has 4 aromatic rings. The molecule has 4 rings (SSSR count). The van der Waals surface area contributed by atoms with Crippen molar-refractivity contribution in [3.05, 3.63) is 75.2 Å². The normalized spacial score (nSPS) is 11.1. The van der Waals surface area contributed by atoms with Gasteiger partial charge in [-0.15, -0.1) is 11.3 Å². The second-order valence-corrected chi connectivity index (χ2v) is 7.58. The van der Waals surface area contributed by atoms with E-state index in [0.717, 1.165) is 5.56 Å². The molecule has 0 radical (unpaired) electrons. The average molecular weight is 411 g/mol. The molecule has 1 amide bonds. The highest BCUT2D eigenvalue weighted by atomic mass is 32.1. The first-order chi connectivity index (χ1) is 14.0. The van der Waals surface area contributed by atoms with Gasteiger partial charge in [0.2, 0.25) is 0 Å². The number of fused-ring (bicyclic) bond motifs is 1. The van der Waals surface area contributed by atoms with Crippen molar-refractivity contribution in [2.75, 3.05) is 5.32 Å². The molecule has 1 N–H and O–H groups in total. The Balaban J connectivity index is 1.56. The smallest absolute Gasteiger partial charge is 0.266 e. The van der Waals surface area contributed by atoms with E-state index < -0.39 is 0 Å². The zero-order chi connectivity index (χ0) is 20.5. The van der Waals surface area contributed by atoms with Crippen LogP contribution in [0.3, 0.4) is 0 Å². The highest BCUT2D eigenvalue weighted by Crippen LogP contribution is 2.27. The molecule has 0 fully saturated rings. The van der Waals surface area contributed by atoms with Gasteiger partial charge in [-0.25, -0.2) is 9.37 Å². The molecule has 0 aliphatic heterocycles. The van der Waals surface area contributed by atoms with Crippen LogP contribution in [0.5, 0.6) is 0 Å². The van der Waals surface area contributed by atoms with Crippen molar-refractivity contribution in [3.8, 4) is 0 Å². The predicted molar refractivity (Wildman–Crippen MR) is 110 cm³/mol. The van der Waals surface area contributed by atoms with Gasteiger partial charge in [-0.05, 0) is 37.1 Å². The molecule has 0 aliphatic rings. The Morgan fingerprint density at radius 3 is 2.93 bits per heavy atom. The van der Waals surface area contributed by atoms with Crippen LogP contribution in [0.1, 0.15) is 27.7 Å². The summed E-state index contributed by atoms with van der Waals surface area (Å²) in [5, 5.41) is 7.49. The van der Waals surface area contributed by atoms with Crippen LogP contribution < -0.4 is 10.9 Å². The zero-order valence-corrected chi connectivity index (χ0v) is 16.7. The van der Waals surface area contributed by atoms with Gasteiger partial charge < -0.3 is 5.32 Å². The van der Waals surface area contributed by atoms with E-state index in [1.54, 1.807) is 29.9 Å². The average Bonchev–Trinajstić information content (AvgIpc) is 3.26. The summed E-state index contributed by atoms with van der Waals surface area (Å²) in [4.78, 5) is 30.6. The Hall–Kier alpha value is -3.33. The number of thiophene rings is 1. The molecule has 3 aromatic heterocycles. The highest BCUT2D eigenvalue weighted by Gasteiger charge is 2.19. The number of carbonyl (C=O) groups is 1. The standard InChI is InChI=1S/C20H18FN5O2S/c1-3-25-11-22-19-16(20(25)28)12(2)17(29-19)18(27)24-15-8-23-26(10-15)9-13-5-4-6-14(21)7-13/h4-8,10-11H,3,9H2,1-2H3,(H,24,27). The Morgan fingerprint density at radius 1 is 1.34 bits per heavy atom. The maximum atomic E-state index is 13.3. The molecule has 0 saturated carbocycles. The molecule has 3 heterocycles. The summed E-state index contributed by atoms with van der Waals surface area (Å²) in [7, 11) is 0. The summed E-state index contributed by atoms with van der Waals surface area (Å²) in [5.41, 5.74) is 1.76. The molecule has 0 spiro atoms. The van der Waals surface area contributed by atoms with Crippen LogP contribution in [0.25, 0.3) is 10.2 Å². The number of hydrogen-bond donors (Lipinski definition) is 1. The lowest BCUT2D eigenvalue weighted by atomic mass is 10.2. The second-order valence-electron chi connectivity index (χ2n) is 6.58. The van der Waals surface area contributed by atoms with Crippen LogP contribution in [0, 0.1) is 12.7 Å². The lowest BCUT2D eigenvalue weighted by Crippen LogP contribution is -2.19. The summed E-state index contributed by atoms with van der Waals surface area (Å²) in [5.74, 6) is -0.627. The van der Waals surface area contributed by atoms with Gasteiger partial charge in [-0.3, -0.25) is 18.8 Å². The fourth-order valence-corrected chi connectivity index (χ4v) is 4.16. The number of nitrogens with one attached hydrogen (secondary N) is 1. The number of nitrogens with zero attached hydrogens (tertiary/aromatic N) is 4. The third kappa shape index (κ3) is 3.68. The van der Waals surface area contributed by atoms with Gasteiger partial charge >= 0.3 is 0 Å². The van der Waals surface area contributed by atoms with Crippen molar-refractivity contribution >= 4 is 33.1 Å². The molecule has 0 aliphatic carbocycles. The number of carbonyl (C=O) groups excluding carboxylic acids is 1. The topological polar surface area (TPSA) is 81.8 Å². The van der Waals surface area contributed by atoms with Crippen LogP contribution in [-0.4, -0.2) is 25.2 Å². The number of halogens is 1. The quantitative estimate of drug-likeness (QED) is 0.546. The van der Waals surface area contributed by atoms with E-state index in [0.29, 0.717) is 39.4 Å². The summed E-state index contributed by atoms with van der Waals surface area (Å²) in [6.45, 7) is 4.52. The van der Waals surface area contributed by atoms with Crippen molar-refractivity contribution in [2.24, 2.45) is 0 Å². The van der Waals surface area contributed by atoms with E-state index in [-0.39, 0.29) is 17.3 Å².